The van der Waals surface area contributed by atoms with E-state index in [9.17, 15) is 13.2 Å². The van der Waals surface area contributed by atoms with Gasteiger partial charge in [-0.15, -0.1) is 0 Å². The lowest BCUT2D eigenvalue weighted by Crippen LogP contribution is -2.41. The summed E-state index contributed by atoms with van der Waals surface area (Å²) in [6.45, 7) is 5.88. The number of aliphatic carboxylic acids is 1. The molecular weight excluding hydrogens is 294 g/mol. The molecular formula is C14H21NO5S. The molecule has 21 heavy (non-hydrogen) atoms. The zero-order valence-corrected chi connectivity index (χ0v) is 13.2. The van der Waals surface area contributed by atoms with Crippen molar-refractivity contribution in [2.75, 3.05) is 6.61 Å². The van der Waals surface area contributed by atoms with Crippen LogP contribution in [0.5, 0.6) is 5.75 Å². The van der Waals surface area contributed by atoms with Crippen molar-refractivity contribution in [1.82, 2.24) is 4.72 Å². The van der Waals surface area contributed by atoms with Gasteiger partial charge in [0.1, 0.15) is 11.8 Å². The van der Waals surface area contributed by atoms with E-state index in [1.165, 1.54) is 12.1 Å². The molecule has 0 unspecified atom stereocenters. The third-order valence-electron chi connectivity index (χ3n) is 2.73. The lowest BCUT2D eigenvalue weighted by Gasteiger charge is -2.17. The molecule has 0 aliphatic rings. The molecule has 118 valence electrons. The maximum Gasteiger partial charge on any atom is 0.321 e. The molecule has 7 heteroatoms. The molecule has 1 rings (SSSR count). The van der Waals surface area contributed by atoms with E-state index in [-0.39, 0.29) is 17.2 Å². The zero-order chi connectivity index (χ0) is 16.0. The number of nitrogens with one attached hydrogen (secondary N) is 1. The first-order valence-corrected chi connectivity index (χ1v) is 8.22. The average Bonchev–Trinajstić information content (AvgIpc) is 2.38. The summed E-state index contributed by atoms with van der Waals surface area (Å²) in [5, 5.41) is 9.12. The maximum absolute atomic E-state index is 12.3. The highest BCUT2D eigenvalue weighted by molar-refractivity contribution is 7.89. The number of carbonyl (C=O) groups is 1. The fourth-order valence-corrected chi connectivity index (χ4v) is 3.06. The molecule has 0 saturated heterocycles. The van der Waals surface area contributed by atoms with Gasteiger partial charge in [-0.3, -0.25) is 4.79 Å². The van der Waals surface area contributed by atoms with Gasteiger partial charge in [0.25, 0.3) is 0 Å². The predicted octanol–water partition coefficient (Wildman–Crippen LogP) is 1.86. The SMILES string of the molecule is CCOc1cccc(S(=O)(=O)N[C@H](CC(C)C)C(=O)O)c1. The molecule has 1 aromatic carbocycles. The fraction of sp³-hybridized carbons (Fsp3) is 0.500. The molecule has 0 heterocycles. The Balaban J connectivity index is 2.98. The fourth-order valence-electron chi connectivity index (χ4n) is 1.82. The molecule has 1 atom stereocenters. The number of ether oxygens (including phenoxy) is 1. The van der Waals surface area contributed by atoms with Crippen LogP contribution >= 0.6 is 0 Å². The highest BCUT2D eigenvalue weighted by Gasteiger charge is 2.26. The Kier molecular flexibility index (Phi) is 6.17. The largest absolute Gasteiger partial charge is 0.494 e. The van der Waals surface area contributed by atoms with Crippen LogP contribution in [0, 0.1) is 5.92 Å². The van der Waals surface area contributed by atoms with Gasteiger partial charge < -0.3 is 9.84 Å². The topological polar surface area (TPSA) is 92.7 Å². The molecule has 0 fully saturated rings. The van der Waals surface area contributed by atoms with Gasteiger partial charge in [-0.2, -0.15) is 4.72 Å². The Labute approximate surface area is 125 Å². The Morgan fingerprint density at radius 2 is 2.05 bits per heavy atom. The minimum Gasteiger partial charge on any atom is -0.494 e. The second-order valence-electron chi connectivity index (χ2n) is 5.05. The van der Waals surface area contributed by atoms with E-state index in [4.69, 9.17) is 9.84 Å². The molecule has 0 aliphatic carbocycles. The highest BCUT2D eigenvalue weighted by Crippen LogP contribution is 2.18. The van der Waals surface area contributed by atoms with Crippen molar-refractivity contribution in [3.8, 4) is 5.75 Å². The van der Waals surface area contributed by atoms with Gasteiger partial charge in [0, 0.05) is 6.07 Å². The van der Waals surface area contributed by atoms with Gasteiger partial charge in [0.05, 0.1) is 11.5 Å². The first kappa shape index (κ1) is 17.5. The molecule has 0 amide bonds. The third-order valence-corrected chi connectivity index (χ3v) is 4.20. The van der Waals surface area contributed by atoms with Gasteiger partial charge in [-0.05, 0) is 31.4 Å². The monoisotopic (exact) mass is 315 g/mol. The van der Waals surface area contributed by atoms with Gasteiger partial charge in [-0.25, -0.2) is 8.42 Å². The van der Waals surface area contributed by atoms with Crippen molar-refractivity contribution in [2.24, 2.45) is 5.92 Å². The van der Waals surface area contributed by atoms with Crippen LogP contribution in [0.2, 0.25) is 0 Å². The minimum absolute atomic E-state index is 0.0107. The number of carboxylic acids is 1. The molecule has 0 radical (unpaired) electrons. The van der Waals surface area contributed by atoms with Crippen LogP contribution in [0.3, 0.4) is 0 Å². The van der Waals surface area contributed by atoms with Crippen LogP contribution in [-0.2, 0) is 14.8 Å². The highest BCUT2D eigenvalue weighted by atomic mass is 32.2. The number of sulfonamides is 1. The molecule has 0 saturated carbocycles. The molecule has 6 nitrogen and oxygen atoms in total. The van der Waals surface area contributed by atoms with E-state index in [0.717, 1.165) is 0 Å². The Hall–Kier alpha value is -1.60. The van der Waals surface area contributed by atoms with Crippen LogP contribution in [0.4, 0.5) is 0 Å². The zero-order valence-electron chi connectivity index (χ0n) is 12.4. The molecule has 2 N–H and O–H groups in total. The predicted molar refractivity (Wildman–Crippen MR) is 78.8 cm³/mol. The lowest BCUT2D eigenvalue weighted by atomic mass is 10.1. The minimum atomic E-state index is -3.90. The van der Waals surface area contributed by atoms with Crippen LogP contribution < -0.4 is 9.46 Å². The summed E-state index contributed by atoms with van der Waals surface area (Å²) in [7, 11) is -3.90. The van der Waals surface area contributed by atoms with E-state index in [1.807, 2.05) is 13.8 Å². The van der Waals surface area contributed by atoms with Crippen molar-refractivity contribution in [3.05, 3.63) is 24.3 Å². The first-order chi connectivity index (χ1) is 9.76. The van der Waals surface area contributed by atoms with E-state index < -0.39 is 22.0 Å². The summed E-state index contributed by atoms with van der Waals surface area (Å²) in [5.74, 6) is -0.701. The van der Waals surface area contributed by atoms with Crippen molar-refractivity contribution in [1.29, 1.82) is 0 Å². The summed E-state index contributed by atoms with van der Waals surface area (Å²) >= 11 is 0. The van der Waals surface area contributed by atoms with Crippen LogP contribution in [0.15, 0.2) is 29.2 Å². The number of hydrogen-bond donors (Lipinski definition) is 2. The maximum atomic E-state index is 12.3. The summed E-state index contributed by atoms with van der Waals surface area (Å²) in [6, 6.07) is 4.83. The van der Waals surface area contributed by atoms with Crippen molar-refractivity contribution in [3.63, 3.8) is 0 Å². The molecule has 0 aromatic heterocycles. The van der Waals surface area contributed by atoms with E-state index in [0.29, 0.717) is 12.4 Å². The lowest BCUT2D eigenvalue weighted by molar-refractivity contribution is -0.139. The van der Waals surface area contributed by atoms with E-state index in [1.54, 1.807) is 19.1 Å². The summed E-state index contributed by atoms with van der Waals surface area (Å²) in [5.41, 5.74) is 0. The molecule has 0 bridgehead atoms. The van der Waals surface area contributed by atoms with Gasteiger partial charge in [-0.1, -0.05) is 19.9 Å². The number of benzene rings is 1. The van der Waals surface area contributed by atoms with Crippen LogP contribution in [-0.4, -0.2) is 32.1 Å². The number of rotatable bonds is 8. The summed E-state index contributed by atoms with van der Waals surface area (Å²) in [6.07, 6.45) is 0.222. The molecule has 0 aliphatic heterocycles. The average molecular weight is 315 g/mol. The smallest absolute Gasteiger partial charge is 0.321 e. The van der Waals surface area contributed by atoms with Crippen molar-refractivity contribution >= 4 is 16.0 Å². The second-order valence-corrected chi connectivity index (χ2v) is 6.76. The summed E-state index contributed by atoms with van der Waals surface area (Å²) in [4.78, 5) is 11.2. The van der Waals surface area contributed by atoms with Gasteiger partial charge >= 0.3 is 5.97 Å². The number of hydrogen-bond acceptors (Lipinski definition) is 4. The van der Waals surface area contributed by atoms with Gasteiger partial charge in [0.2, 0.25) is 10.0 Å². The molecule has 0 spiro atoms. The number of carboxylic acid groups (broad SMARTS) is 1. The Morgan fingerprint density at radius 1 is 1.38 bits per heavy atom. The van der Waals surface area contributed by atoms with Crippen molar-refractivity contribution < 1.29 is 23.1 Å². The van der Waals surface area contributed by atoms with Crippen LogP contribution in [0.25, 0.3) is 0 Å². The molecule has 1 aromatic rings. The second kappa shape index (κ2) is 7.42. The normalized spacial score (nSPS) is 13.1. The third kappa shape index (κ3) is 5.35. The van der Waals surface area contributed by atoms with E-state index in [2.05, 4.69) is 4.72 Å². The van der Waals surface area contributed by atoms with Crippen LogP contribution in [0.1, 0.15) is 27.2 Å². The van der Waals surface area contributed by atoms with Gasteiger partial charge in [0.15, 0.2) is 0 Å². The quantitative estimate of drug-likeness (QED) is 0.764. The van der Waals surface area contributed by atoms with Crippen molar-refractivity contribution in [2.45, 2.75) is 38.1 Å². The standard InChI is InChI=1S/C14H21NO5S/c1-4-20-11-6-5-7-12(9-11)21(18,19)15-13(14(16)17)8-10(2)3/h5-7,9-10,13,15H,4,8H2,1-3H3,(H,16,17)/t13-/m1/s1. The Bertz CT molecular complexity index is 583. The Morgan fingerprint density at radius 3 is 2.57 bits per heavy atom. The summed E-state index contributed by atoms with van der Waals surface area (Å²) < 4.78 is 32.0. The first-order valence-electron chi connectivity index (χ1n) is 6.74. The van der Waals surface area contributed by atoms with E-state index >= 15 is 0 Å².